The highest BCUT2D eigenvalue weighted by Gasteiger charge is 2.49. The second kappa shape index (κ2) is 15.0. The lowest BCUT2D eigenvalue weighted by Gasteiger charge is -2.38. The summed E-state index contributed by atoms with van der Waals surface area (Å²) in [6, 6.07) is 2.74. The summed E-state index contributed by atoms with van der Waals surface area (Å²) in [6.45, 7) is 0.120. The Morgan fingerprint density at radius 1 is 1.02 bits per heavy atom. The molecule has 16 nitrogen and oxygen atoms in total. The quantitative estimate of drug-likeness (QED) is 0.221. The number of amides is 4. The van der Waals surface area contributed by atoms with Crippen LogP contribution in [0, 0.1) is 5.92 Å². The fraction of sp³-hybridized carbons (Fsp3) is 0.629. The maximum absolute atomic E-state index is 14.7. The van der Waals surface area contributed by atoms with Gasteiger partial charge in [-0.25, -0.2) is 13.1 Å². The molecule has 2 aliphatic heterocycles. The molecule has 1 aromatic carbocycles. The van der Waals surface area contributed by atoms with Crippen molar-refractivity contribution in [3.8, 4) is 0 Å². The van der Waals surface area contributed by atoms with E-state index in [0.717, 1.165) is 44.8 Å². The van der Waals surface area contributed by atoms with E-state index in [1.54, 1.807) is 6.20 Å². The van der Waals surface area contributed by atoms with Gasteiger partial charge in [-0.05, 0) is 49.4 Å². The molecule has 2 saturated heterocycles. The number of nitrogens with one attached hydrogen (secondary N) is 2. The molecule has 6 rings (SSSR count). The van der Waals surface area contributed by atoms with Crippen LogP contribution in [0.15, 0.2) is 35.4 Å². The Morgan fingerprint density at radius 3 is 2.27 bits per heavy atom. The lowest BCUT2D eigenvalue weighted by Crippen LogP contribution is -2.62. The number of Topliss-reactive ketones (excluding diaryl/α,β-unsaturated/α-hetero) is 1. The number of carbonyl (C=O) groups excluding carboxylic acids is 5. The van der Waals surface area contributed by atoms with Gasteiger partial charge in [0.05, 0.1) is 30.3 Å². The lowest BCUT2D eigenvalue weighted by molar-refractivity contribution is -0.186. The third-order valence-electron chi connectivity index (χ3n) is 11.1. The Kier molecular flexibility index (Phi) is 10.8. The van der Waals surface area contributed by atoms with E-state index >= 15 is 0 Å². The standard InChI is InChI=1S/C35H47N7O9S/c1-52(49,50)25-12-10-23(11-13-25)31(45)37-26(16-22-8-4-2-5-9-22)33(47)41-18-24(42-19-28(39-40-42)35(48)20-51-21-35)17-27(41)32(46)38-34(29(43)30(36)44)14-6-3-7-15-34/h10-13,19,22,24,26-27,48H,2-9,14-18,20-21H2,1H3,(H2,36,44)(H,37,45)(H,38,46)/t24-,26+,27-/m0/s1. The van der Waals surface area contributed by atoms with Crippen molar-refractivity contribution in [3.63, 3.8) is 0 Å². The number of primary amides is 1. The number of nitrogens with zero attached hydrogens (tertiary/aromatic N) is 4. The Bertz CT molecular complexity index is 1800. The highest BCUT2D eigenvalue weighted by Crippen LogP contribution is 2.35. The largest absolute Gasteiger partial charge is 0.379 e. The Morgan fingerprint density at radius 2 is 1.67 bits per heavy atom. The Labute approximate surface area is 302 Å². The van der Waals surface area contributed by atoms with E-state index in [0.29, 0.717) is 25.0 Å². The summed E-state index contributed by atoms with van der Waals surface area (Å²) in [5.41, 5.74) is 3.12. The highest BCUT2D eigenvalue weighted by molar-refractivity contribution is 7.90. The number of aromatic nitrogens is 3. The summed E-state index contributed by atoms with van der Waals surface area (Å²) in [5, 5.41) is 24.9. The predicted molar refractivity (Wildman–Crippen MR) is 184 cm³/mol. The fourth-order valence-electron chi connectivity index (χ4n) is 8.00. The number of ketones is 1. The van der Waals surface area contributed by atoms with Crippen molar-refractivity contribution in [1.82, 2.24) is 30.5 Å². The minimum absolute atomic E-state index is 0.00546. The summed E-state index contributed by atoms with van der Waals surface area (Å²) in [7, 11) is -3.49. The topological polar surface area (TPSA) is 233 Å². The molecule has 52 heavy (non-hydrogen) atoms. The van der Waals surface area contributed by atoms with E-state index in [1.165, 1.54) is 33.8 Å². The smallest absolute Gasteiger partial charge is 0.287 e. The number of nitrogens with two attached hydrogens (primary N) is 1. The zero-order chi connectivity index (χ0) is 37.3. The summed E-state index contributed by atoms with van der Waals surface area (Å²) < 4.78 is 30.7. The van der Waals surface area contributed by atoms with Crippen LogP contribution >= 0.6 is 0 Å². The van der Waals surface area contributed by atoms with Crippen LogP contribution in [-0.4, -0.2) is 106 Å². The van der Waals surface area contributed by atoms with Gasteiger partial charge in [0.2, 0.25) is 17.6 Å². The van der Waals surface area contributed by atoms with Crippen molar-refractivity contribution in [2.45, 2.75) is 111 Å². The van der Waals surface area contributed by atoms with Crippen LogP contribution in [-0.2, 0) is 39.4 Å². The zero-order valence-corrected chi connectivity index (χ0v) is 30.1. The molecule has 1 aromatic heterocycles. The molecule has 5 N–H and O–H groups in total. The number of hydrogen-bond donors (Lipinski definition) is 4. The molecule has 282 valence electrons. The van der Waals surface area contributed by atoms with Gasteiger partial charge in [0, 0.05) is 24.8 Å². The molecular formula is C35H47N7O9S. The van der Waals surface area contributed by atoms with Crippen LogP contribution in [0.1, 0.15) is 99.1 Å². The fourth-order valence-corrected chi connectivity index (χ4v) is 8.63. The number of aliphatic hydroxyl groups is 1. The van der Waals surface area contributed by atoms with Gasteiger partial charge in [0.25, 0.3) is 11.8 Å². The maximum Gasteiger partial charge on any atom is 0.287 e. The van der Waals surface area contributed by atoms with Crippen LogP contribution < -0.4 is 16.4 Å². The molecule has 17 heteroatoms. The Balaban J connectivity index is 1.30. The van der Waals surface area contributed by atoms with Gasteiger partial charge >= 0.3 is 0 Å². The summed E-state index contributed by atoms with van der Waals surface area (Å²) >= 11 is 0. The molecule has 3 atom stereocenters. The maximum atomic E-state index is 14.7. The van der Waals surface area contributed by atoms with Crippen LogP contribution in [0.4, 0.5) is 0 Å². The molecule has 0 radical (unpaired) electrons. The molecular weight excluding hydrogens is 694 g/mol. The van der Waals surface area contributed by atoms with Gasteiger partial charge in [0.15, 0.2) is 15.4 Å². The molecule has 2 aromatic rings. The average molecular weight is 742 g/mol. The number of likely N-dealkylation sites (tertiary alicyclic amines) is 1. The molecule has 3 heterocycles. The SMILES string of the molecule is CS(=O)(=O)c1ccc(C(=O)N[C@H](CC2CCCCC2)C(=O)N2C[C@@H](n3cc(C4(O)COC4)nn3)C[C@H]2C(=O)NC2(C(=O)C(N)=O)CCCCC2)cc1. The number of ether oxygens (including phenoxy) is 1. The monoisotopic (exact) mass is 741 g/mol. The zero-order valence-electron chi connectivity index (χ0n) is 29.3. The number of rotatable bonds is 12. The molecule has 2 saturated carbocycles. The van der Waals surface area contributed by atoms with Gasteiger partial charge in [0.1, 0.15) is 23.3 Å². The van der Waals surface area contributed by atoms with E-state index in [2.05, 4.69) is 20.9 Å². The van der Waals surface area contributed by atoms with E-state index in [-0.39, 0.29) is 55.4 Å². The number of sulfone groups is 1. The molecule has 0 unspecified atom stereocenters. The first-order valence-electron chi connectivity index (χ1n) is 18.0. The van der Waals surface area contributed by atoms with E-state index in [9.17, 15) is 37.5 Å². The van der Waals surface area contributed by atoms with Gasteiger partial charge in [-0.2, -0.15) is 0 Å². The van der Waals surface area contributed by atoms with Crippen molar-refractivity contribution in [3.05, 3.63) is 41.7 Å². The van der Waals surface area contributed by atoms with Crippen LogP contribution in [0.3, 0.4) is 0 Å². The van der Waals surface area contributed by atoms with E-state index in [4.69, 9.17) is 10.5 Å². The minimum Gasteiger partial charge on any atom is -0.379 e. The van der Waals surface area contributed by atoms with Crippen molar-refractivity contribution in [2.75, 3.05) is 26.0 Å². The highest BCUT2D eigenvalue weighted by atomic mass is 32.2. The first-order valence-corrected chi connectivity index (χ1v) is 19.9. The number of hydrogen-bond acceptors (Lipinski definition) is 11. The van der Waals surface area contributed by atoms with Gasteiger partial charge in [-0.3, -0.25) is 24.0 Å². The summed E-state index contributed by atoms with van der Waals surface area (Å²) in [4.78, 5) is 69.3. The van der Waals surface area contributed by atoms with Crippen LogP contribution in [0.5, 0.6) is 0 Å². The normalized spacial score (nSPS) is 23.6. The molecule has 0 bridgehead atoms. The van der Waals surface area contributed by atoms with Crippen molar-refractivity contribution >= 4 is 39.2 Å². The number of carbonyl (C=O) groups is 5. The van der Waals surface area contributed by atoms with Gasteiger partial charge in [-0.15, -0.1) is 5.10 Å². The third-order valence-corrected chi connectivity index (χ3v) is 12.2. The first kappa shape index (κ1) is 37.5. The summed E-state index contributed by atoms with van der Waals surface area (Å²) in [5.74, 6) is -3.58. The Hall–Kier alpha value is -4.22. The molecule has 4 amide bonds. The molecule has 4 fully saturated rings. The van der Waals surface area contributed by atoms with Crippen molar-refractivity contribution in [1.29, 1.82) is 0 Å². The second-order valence-corrected chi connectivity index (χ2v) is 16.9. The minimum atomic E-state index is -3.49. The van der Waals surface area contributed by atoms with Crippen LogP contribution in [0.2, 0.25) is 0 Å². The number of benzene rings is 1. The first-order chi connectivity index (χ1) is 24.7. The van der Waals surface area contributed by atoms with Gasteiger partial charge < -0.3 is 31.1 Å². The molecule has 4 aliphatic rings. The summed E-state index contributed by atoms with van der Waals surface area (Å²) in [6.07, 6.45) is 10.3. The third kappa shape index (κ3) is 7.90. The molecule has 0 spiro atoms. The average Bonchev–Trinajstić information content (AvgIpc) is 3.79. The van der Waals surface area contributed by atoms with E-state index < -0.39 is 68.5 Å². The predicted octanol–water partition coefficient (Wildman–Crippen LogP) is 0.684. The van der Waals surface area contributed by atoms with E-state index in [1.807, 2.05) is 0 Å². The van der Waals surface area contributed by atoms with Crippen LogP contribution in [0.25, 0.3) is 0 Å². The van der Waals surface area contributed by atoms with Crippen molar-refractivity contribution in [2.24, 2.45) is 11.7 Å². The van der Waals surface area contributed by atoms with Gasteiger partial charge in [-0.1, -0.05) is 56.6 Å². The lowest BCUT2D eigenvalue weighted by atomic mass is 9.78. The van der Waals surface area contributed by atoms with Crippen molar-refractivity contribution < 1.29 is 42.2 Å². The second-order valence-electron chi connectivity index (χ2n) is 14.9. The molecule has 2 aliphatic carbocycles.